The number of anilines is 1. The van der Waals surface area contributed by atoms with Crippen LogP contribution in [-0.2, 0) is 28.8 Å². The number of benzene rings is 1. The minimum atomic E-state index is -2.04. The number of thioether (sulfide) groups is 1. The molecule has 22 heteroatoms. The molecule has 7 N–H and O–H groups in total. The molecule has 50 heavy (non-hydrogen) atoms. The molecule has 1 aromatic heterocycles. The summed E-state index contributed by atoms with van der Waals surface area (Å²) < 4.78 is 0. The van der Waals surface area contributed by atoms with Crippen LogP contribution in [0.3, 0.4) is 0 Å². The zero-order valence-electron chi connectivity index (χ0n) is 25.9. The molecule has 0 radical (unpaired) electrons. The summed E-state index contributed by atoms with van der Waals surface area (Å²) in [4.78, 5) is 99.2. The lowest BCUT2D eigenvalue weighted by atomic mass is 9.90. The fourth-order valence-corrected chi connectivity index (χ4v) is 7.93. The number of carboxylic acids is 2. The second-order valence-corrected chi connectivity index (χ2v) is 14.2. The van der Waals surface area contributed by atoms with E-state index in [2.05, 4.69) is 15.6 Å². The highest BCUT2D eigenvalue weighted by Crippen LogP contribution is 2.53. The molecule has 266 valence electrons. The van der Waals surface area contributed by atoms with E-state index in [0.717, 1.165) is 40.1 Å². The van der Waals surface area contributed by atoms with Crippen molar-refractivity contribution in [3.8, 4) is 11.5 Å². The summed E-state index contributed by atoms with van der Waals surface area (Å²) in [7, 11) is 0. The molecule has 0 bridgehead atoms. The number of thiazole rings is 1. The average Bonchev–Trinajstić information content (AvgIpc) is 3.76. The number of amides is 4. The van der Waals surface area contributed by atoms with Crippen molar-refractivity contribution in [3.05, 3.63) is 33.8 Å². The fourth-order valence-electron chi connectivity index (χ4n) is 5.44. The van der Waals surface area contributed by atoms with E-state index >= 15 is 0 Å². The summed E-state index contributed by atoms with van der Waals surface area (Å²) in [5.74, 6) is -9.83. The Labute approximate surface area is 294 Å². The van der Waals surface area contributed by atoms with Crippen LogP contribution in [0.5, 0.6) is 11.5 Å². The Balaban J connectivity index is 1.30. The number of nitrogen functional groups attached to an aromatic ring is 1. The summed E-state index contributed by atoms with van der Waals surface area (Å²) in [5, 5.41) is 43.6. The standard InChI is InChI=1S/C28H28ClN7O12S2/c1-10(2)20(24(43)44)48-33-17(13-8-49-26(30)31-13)15(38)7-12-22(42)34-9-28(25(45)46,50-23(12)34)35-5-6-36(27(35)47)32-21(41)18(39)11-3-4-14(37)19(40)16(11)29/h3-4,8,10,12,20,23,37,40H,5-7,9H2,1-2H3,(H2,30,31)(H,32,41)(H,43,44)(H,45,46)/b33-17-/t12?,20-,23+,28+/m0/s1. The van der Waals surface area contributed by atoms with Crippen LogP contribution in [0.15, 0.2) is 22.7 Å². The molecule has 4 heterocycles. The number of carbonyl (C=O) groups excluding carboxylic acids is 5. The highest BCUT2D eigenvalue weighted by Gasteiger charge is 2.66. The number of β-lactam (4-membered cyclic amide) rings is 1. The first-order valence-electron chi connectivity index (χ1n) is 14.6. The maximum Gasteiger partial charge on any atom is 0.348 e. The van der Waals surface area contributed by atoms with Gasteiger partial charge in [0, 0.05) is 24.3 Å². The van der Waals surface area contributed by atoms with Crippen LogP contribution in [0.1, 0.15) is 36.3 Å². The molecular formula is C28H28ClN7O12S2. The van der Waals surface area contributed by atoms with E-state index in [1.807, 2.05) is 0 Å². The monoisotopic (exact) mass is 753 g/mol. The highest BCUT2D eigenvalue weighted by molar-refractivity contribution is 8.02. The molecule has 3 aliphatic rings. The fraction of sp³-hybridized carbons (Fsp3) is 0.393. The van der Waals surface area contributed by atoms with Crippen LogP contribution in [0.2, 0.25) is 5.02 Å². The largest absolute Gasteiger partial charge is 0.504 e. The van der Waals surface area contributed by atoms with Crippen LogP contribution < -0.4 is 11.2 Å². The number of carboxylic acid groups (broad SMARTS) is 2. The maximum absolute atomic E-state index is 13.5. The van der Waals surface area contributed by atoms with Crippen molar-refractivity contribution in [2.75, 3.05) is 25.4 Å². The zero-order chi connectivity index (χ0) is 36.8. The van der Waals surface area contributed by atoms with Crippen LogP contribution in [0, 0.1) is 11.8 Å². The Bertz CT molecular complexity index is 1850. The third-order valence-electron chi connectivity index (χ3n) is 8.05. The predicted octanol–water partition coefficient (Wildman–Crippen LogP) is 0.543. The lowest BCUT2D eigenvalue weighted by molar-refractivity contribution is -0.154. The molecule has 2 aromatic rings. The zero-order valence-corrected chi connectivity index (χ0v) is 28.3. The number of hydrogen-bond donors (Lipinski definition) is 6. The molecule has 19 nitrogen and oxygen atoms in total. The lowest BCUT2D eigenvalue weighted by Crippen LogP contribution is -2.60. The van der Waals surface area contributed by atoms with Gasteiger partial charge in [0.2, 0.25) is 16.9 Å². The van der Waals surface area contributed by atoms with Crippen LogP contribution in [-0.4, -0.2) is 123 Å². The molecule has 3 aliphatic heterocycles. The second kappa shape index (κ2) is 13.6. The molecule has 0 aliphatic carbocycles. The number of aliphatic carboxylic acids is 2. The first-order valence-corrected chi connectivity index (χ1v) is 16.7. The number of fused-ring (bicyclic) bond motifs is 1. The van der Waals surface area contributed by atoms with Crippen molar-refractivity contribution in [1.82, 2.24) is 25.2 Å². The first-order chi connectivity index (χ1) is 23.5. The molecule has 1 aromatic carbocycles. The van der Waals surface area contributed by atoms with Crippen molar-refractivity contribution in [1.29, 1.82) is 0 Å². The number of phenols is 2. The molecule has 3 saturated heterocycles. The number of nitrogens with zero attached hydrogens (tertiary/aromatic N) is 5. The number of carbonyl (C=O) groups is 7. The van der Waals surface area contributed by atoms with Crippen molar-refractivity contribution < 1.29 is 58.8 Å². The third kappa shape index (κ3) is 6.33. The Morgan fingerprint density at radius 2 is 1.88 bits per heavy atom. The van der Waals surface area contributed by atoms with Gasteiger partial charge in [0.05, 0.1) is 35.0 Å². The predicted molar refractivity (Wildman–Crippen MR) is 173 cm³/mol. The number of phenolic OH excluding ortho intramolecular Hbond substituents is 2. The van der Waals surface area contributed by atoms with Crippen molar-refractivity contribution in [2.24, 2.45) is 17.0 Å². The molecule has 0 spiro atoms. The van der Waals surface area contributed by atoms with E-state index in [4.69, 9.17) is 22.2 Å². The molecule has 1 unspecified atom stereocenters. The Morgan fingerprint density at radius 1 is 1.18 bits per heavy atom. The normalized spacial score (nSPS) is 22.3. The SMILES string of the molecule is CC(C)[C@H](O/N=C(\C(=O)CC1C(=O)N2C[C@@](C(=O)O)(N3CCN(NC(=O)C(=O)c4ccc(O)c(O)c4Cl)C3=O)S[C@H]12)c1csc(N)n1)C(=O)O. The Kier molecular flexibility index (Phi) is 9.85. The summed E-state index contributed by atoms with van der Waals surface area (Å²) in [6.45, 7) is 2.18. The van der Waals surface area contributed by atoms with Gasteiger partial charge in [0.15, 0.2) is 28.1 Å². The number of nitrogens with one attached hydrogen (secondary N) is 1. The maximum atomic E-state index is 13.5. The van der Waals surface area contributed by atoms with E-state index in [1.165, 1.54) is 10.3 Å². The number of Topliss-reactive ketones (excluding diaryl/α,β-unsaturated/α-hetero) is 2. The number of aromatic hydroxyl groups is 2. The summed E-state index contributed by atoms with van der Waals surface area (Å²) in [6, 6.07) is 0.914. The number of aromatic nitrogens is 1. The minimum Gasteiger partial charge on any atom is -0.504 e. The number of halogens is 1. The molecule has 3 fully saturated rings. The number of rotatable bonds is 13. The van der Waals surface area contributed by atoms with Crippen LogP contribution in [0.25, 0.3) is 0 Å². The number of nitrogens with two attached hydrogens (primary N) is 1. The number of oxime groups is 1. The first kappa shape index (κ1) is 36.1. The molecule has 4 amide bonds. The quantitative estimate of drug-likeness (QED) is 0.0407. The third-order valence-corrected chi connectivity index (χ3v) is 10.8. The van der Waals surface area contributed by atoms with Crippen molar-refractivity contribution >= 4 is 86.9 Å². The van der Waals surface area contributed by atoms with Gasteiger partial charge in [0.1, 0.15) is 5.69 Å². The average molecular weight is 754 g/mol. The van der Waals surface area contributed by atoms with Gasteiger partial charge in [0.25, 0.3) is 5.78 Å². The van der Waals surface area contributed by atoms with Gasteiger partial charge in [-0.2, -0.15) is 0 Å². The number of urea groups is 1. The van der Waals surface area contributed by atoms with Gasteiger partial charge < -0.3 is 35.9 Å². The van der Waals surface area contributed by atoms with E-state index in [9.17, 15) is 54.0 Å². The van der Waals surface area contributed by atoms with E-state index in [1.54, 1.807) is 13.8 Å². The number of ketones is 2. The Morgan fingerprint density at radius 3 is 2.48 bits per heavy atom. The van der Waals surface area contributed by atoms with Gasteiger partial charge in [-0.05, 0) is 12.1 Å². The summed E-state index contributed by atoms with van der Waals surface area (Å²) >= 11 is 7.59. The summed E-state index contributed by atoms with van der Waals surface area (Å²) in [5.41, 5.74) is 6.93. The number of hydrogen-bond acceptors (Lipinski definition) is 15. The van der Waals surface area contributed by atoms with Crippen LogP contribution in [0.4, 0.5) is 9.93 Å². The van der Waals surface area contributed by atoms with E-state index in [0.29, 0.717) is 5.01 Å². The van der Waals surface area contributed by atoms with Gasteiger partial charge in [-0.1, -0.05) is 42.4 Å². The number of hydrazine groups is 1. The summed E-state index contributed by atoms with van der Waals surface area (Å²) in [6.07, 6.45) is -1.90. The van der Waals surface area contributed by atoms with Crippen molar-refractivity contribution in [3.63, 3.8) is 0 Å². The van der Waals surface area contributed by atoms with Gasteiger partial charge in [-0.3, -0.25) is 29.5 Å². The lowest BCUT2D eigenvalue weighted by Gasteiger charge is -2.40. The van der Waals surface area contributed by atoms with E-state index in [-0.39, 0.29) is 29.6 Å². The van der Waals surface area contributed by atoms with E-state index < -0.39 is 105 Å². The minimum absolute atomic E-state index is 0.0132. The van der Waals surface area contributed by atoms with Crippen molar-refractivity contribution in [2.45, 2.75) is 36.6 Å². The molecule has 4 atom stereocenters. The topological polar surface area (TPSA) is 283 Å². The van der Waals surface area contributed by atoms with Crippen LogP contribution >= 0.6 is 34.7 Å². The molecule has 5 rings (SSSR count). The van der Waals surface area contributed by atoms with Gasteiger partial charge in [-0.15, -0.1) is 11.3 Å². The smallest absolute Gasteiger partial charge is 0.348 e. The molecular weight excluding hydrogens is 726 g/mol. The van der Waals surface area contributed by atoms with Gasteiger partial charge in [-0.25, -0.2) is 24.4 Å². The Hall–Kier alpha value is -5.15. The second-order valence-electron chi connectivity index (χ2n) is 11.6. The van der Waals surface area contributed by atoms with Gasteiger partial charge >= 0.3 is 23.9 Å². The highest BCUT2D eigenvalue weighted by atomic mass is 35.5. The molecule has 0 saturated carbocycles.